The Morgan fingerprint density at radius 2 is 1.53 bits per heavy atom. The fourth-order valence-electron chi connectivity index (χ4n) is 3.71. The van der Waals surface area contributed by atoms with Gasteiger partial charge in [0.25, 0.3) is 5.91 Å². The molecular formula is C27H31FN2O2. The lowest BCUT2D eigenvalue weighted by Gasteiger charge is -2.30. The van der Waals surface area contributed by atoms with Gasteiger partial charge in [-0.05, 0) is 63.1 Å². The van der Waals surface area contributed by atoms with Crippen molar-refractivity contribution >= 4 is 11.6 Å². The van der Waals surface area contributed by atoms with E-state index in [4.69, 9.17) is 4.74 Å². The third-order valence-corrected chi connectivity index (χ3v) is 5.39. The largest absolute Gasteiger partial charge is 0.492 e. The Morgan fingerprint density at radius 1 is 0.906 bits per heavy atom. The van der Waals surface area contributed by atoms with Crippen molar-refractivity contribution in [3.05, 3.63) is 84.2 Å². The van der Waals surface area contributed by atoms with E-state index in [1.54, 1.807) is 18.2 Å². The maximum atomic E-state index is 14.5. The highest BCUT2D eigenvalue weighted by Gasteiger charge is 2.14. The van der Waals surface area contributed by atoms with Crippen LogP contribution in [0.2, 0.25) is 0 Å². The number of carbonyl (C=O) groups excluding carboxylic acids is 1. The van der Waals surface area contributed by atoms with Crippen LogP contribution in [-0.2, 0) is 0 Å². The van der Waals surface area contributed by atoms with Crippen LogP contribution in [-0.4, -0.2) is 36.0 Å². The maximum absolute atomic E-state index is 14.5. The van der Waals surface area contributed by atoms with Crippen LogP contribution in [0, 0.1) is 5.82 Å². The van der Waals surface area contributed by atoms with Gasteiger partial charge in [-0.15, -0.1) is 0 Å². The standard InChI is InChI=1S/C27H31FN2O2/c1-19(2)30(20(3)4)16-17-32-24-14-15-26(25(28)18-24)29-27(31)23-12-10-22(11-13-23)21-8-6-5-7-9-21/h5-15,18-20H,16-17H2,1-4H3,(H,29,31). The minimum Gasteiger partial charge on any atom is -0.492 e. The molecule has 3 aromatic rings. The summed E-state index contributed by atoms with van der Waals surface area (Å²) in [5.74, 6) is -0.441. The van der Waals surface area contributed by atoms with Crippen molar-refractivity contribution in [1.29, 1.82) is 0 Å². The molecular weight excluding hydrogens is 403 g/mol. The third kappa shape index (κ3) is 6.17. The molecule has 1 N–H and O–H groups in total. The number of amides is 1. The minimum absolute atomic E-state index is 0.125. The van der Waals surface area contributed by atoms with Crippen LogP contribution >= 0.6 is 0 Å². The molecule has 0 aliphatic carbocycles. The molecule has 3 aromatic carbocycles. The number of anilines is 1. The fraction of sp³-hybridized carbons (Fsp3) is 0.296. The van der Waals surface area contributed by atoms with Crippen molar-refractivity contribution in [2.75, 3.05) is 18.5 Å². The third-order valence-electron chi connectivity index (χ3n) is 5.39. The van der Waals surface area contributed by atoms with Gasteiger partial charge in [0.05, 0.1) is 5.69 Å². The van der Waals surface area contributed by atoms with Gasteiger partial charge in [-0.1, -0.05) is 42.5 Å². The molecule has 0 heterocycles. The van der Waals surface area contributed by atoms with Gasteiger partial charge in [-0.3, -0.25) is 9.69 Å². The summed E-state index contributed by atoms with van der Waals surface area (Å²) in [5.41, 5.74) is 2.68. The highest BCUT2D eigenvalue weighted by Crippen LogP contribution is 2.23. The molecule has 168 valence electrons. The molecule has 0 fully saturated rings. The summed E-state index contributed by atoms with van der Waals surface area (Å²) in [5, 5.41) is 2.64. The SMILES string of the molecule is CC(C)N(CCOc1ccc(NC(=O)c2ccc(-c3ccccc3)cc2)c(F)c1)C(C)C. The zero-order chi connectivity index (χ0) is 23.1. The van der Waals surface area contributed by atoms with E-state index < -0.39 is 5.82 Å². The van der Waals surface area contributed by atoms with Crippen molar-refractivity contribution in [2.24, 2.45) is 0 Å². The van der Waals surface area contributed by atoms with E-state index in [-0.39, 0.29) is 11.6 Å². The Kier molecular flexibility index (Phi) is 8.01. The first-order chi connectivity index (χ1) is 15.3. The van der Waals surface area contributed by atoms with Gasteiger partial charge in [0.2, 0.25) is 0 Å². The van der Waals surface area contributed by atoms with Gasteiger partial charge in [0, 0.05) is 30.3 Å². The topological polar surface area (TPSA) is 41.6 Å². The lowest BCUT2D eigenvalue weighted by Crippen LogP contribution is -2.39. The quantitative estimate of drug-likeness (QED) is 0.433. The normalized spacial score (nSPS) is 11.2. The molecule has 32 heavy (non-hydrogen) atoms. The fourth-order valence-corrected chi connectivity index (χ4v) is 3.71. The first kappa shape index (κ1) is 23.5. The van der Waals surface area contributed by atoms with Crippen LogP contribution < -0.4 is 10.1 Å². The molecule has 1 amide bonds. The number of carbonyl (C=O) groups is 1. The summed E-state index contributed by atoms with van der Waals surface area (Å²) < 4.78 is 20.3. The van der Waals surface area contributed by atoms with E-state index in [1.165, 1.54) is 12.1 Å². The molecule has 3 rings (SSSR count). The lowest BCUT2D eigenvalue weighted by atomic mass is 10.0. The predicted octanol–water partition coefficient (Wildman–Crippen LogP) is 6.24. The summed E-state index contributed by atoms with van der Waals surface area (Å²) in [6.45, 7) is 9.81. The Balaban J connectivity index is 1.59. The van der Waals surface area contributed by atoms with Crippen LogP contribution in [0.4, 0.5) is 10.1 Å². The molecule has 0 saturated carbocycles. The second-order valence-electron chi connectivity index (χ2n) is 8.31. The second-order valence-corrected chi connectivity index (χ2v) is 8.31. The van der Waals surface area contributed by atoms with E-state index >= 15 is 0 Å². The average molecular weight is 435 g/mol. The van der Waals surface area contributed by atoms with Crippen LogP contribution in [0.25, 0.3) is 11.1 Å². The first-order valence-corrected chi connectivity index (χ1v) is 11.0. The Bertz CT molecular complexity index is 1010. The van der Waals surface area contributed by atoms with Crippen LogP contribution in [0.5, 0.6) is 5.75 Å². The zero-order valence-corrected chi connectivity index (χ0v) is 19.1. The number of rotatable bonds is 9. The molecule has 0 unspecified atom stereocenters. The van der Waals surface area contributed by atoms with Gasteiger partial charge in [0.15, 0.2) is 0 Å². The average Bonchev–Trinajstić information content (AvgIpc) is 2.78. The number of hydrogen-bond acceptors (Lipinski definition) is 3. The number of nitrogens with zero attached hydrogens (tertiary/aromatic N) is 1. The lowest BCUT2D eigenvalue weighted by molar-refractivity contribution is 0.102. The number of nitrogens with one attached hydrogen (secondary N) is 1. The van der Waals surface area contributed by atoms with Crippen LogP contribution in [0.1, 0.15) is 38.1 Å². The molecule has 0 aliphatic rings. The monoisotopic (exact) mass is 434 g/mol. The van der Waals surface area contributed by atoms with Crippen molar-refractivity contribution in [3.63, 3.8) is 0 Å². The Labute approximate surface area is 190 Å². The molecule has 0 aliphatic heterocycles. The number of benzene rings is 3. The molecule has 0 saturated heterocycles. The van der Waals surface area contributed by atoms with Crippen molar-refractivity contribution in [1.82, 2.24) is 4.90 Å². The minimum atomic E-state index is -0.527. The van der Waals surface area contributed by atoms with Crippen LogP contribution in [0.3, 0.4) is 0 Å². The molecule has 0 radical (unpaired) electrons. The molecule has 0 bridgehead atoms. The molecule has 0 aromatic heterocycles. The summed E-state index contributed by atoms with van der Waals surface area (Å²) in [6.07, 6.45) is 0. The highest BCUT2D eigenvalue weighted by atomic mass is 19.1. The summed E-state index contributed by atoms with van der Waals surface area (Å²) in [7, 11) is 0. The van der Waals surface area contributed by atoms with Gasteiger partial charge < -0.3 is 10.1 Å². The van der Waals surface area contributed by atoms with Gasteiger partial charge in [0.1, 0.15) is 18.2 Å². The van der Waals surface area contributed by atoms with Gasteiger partial charge in [-0.25, -0.2) is 4.39 Å². The number of ether oxygens (including phenoxy) is 1. The molecule has 5 heteroatoms. The maximum Gasteiger partial charge on any atom is 0.255 e. The summed E-state index contributed by atoms with van der Waals surface area (Å²) in [4.78, 5) is 14.9. The molecule has 4 nitrogen and oxygen atoms in total. The van der Waals surface area contributed by atoms with Crippen LogP contribution in [0.15, 0.2) is 72.8 Å². The van der Waals surface area contributed by atoms with E-state index in [1.807, 2.05) is 42.5 Å². The van der Waals surface area contributed by atoms with Gasteiger partial charge in [-0.2, -0.15) is 0 Å². The van der Waals surface area contributed by atoms with Crippen molar-refractivity contribution in [2.45, 2.75) is 39.8 Å². The Hall–Kier alpha value is -3.18. The van der Waals surface area contributed by atoms with Crippen molar-refractivity contribution < 1.29 is 13.9 Å². The van der Waals surface area contributed by atoms with Gasteiger partial charge >= 0.3 is 0 Å². The zero-order valence-electron chi connectivity index (χ0n) is 19.1. The highest BCUT2D eigenvalue weighted by molar-refractivity contribution is 6.04. The van der Waals surface area contributed by atoms with Crippen molar-refractivity contribution in [3.8, 4) is 16.9 Å². The smallest absolute Gasteiger partial charge is 0.255 e. The van der Waals surface area contributed by atoms with E-state index in [0.29, 0.717) is 30.0 Å². The van der Waals surface area contributed by atoms with E-state index in [0.717, 1.165) is 17.7 Å². The predicted molar refractivity (Wildman–Crippen MR) is 129 cm³/mol. The summed E-state index contributed by atoms with van der Waals surface area (Å²) >= 11 is 0. The molecule has 0 atom stereocenters. The molecule has 0 spiro atoms. The second kappa shape index (κ2) is 10.9. The summed E-state index contributed by atoms with van der Waals surface area (Å²) in [6, 6.07) is 22.5. The van der Waals surface area contributed by atoms with E-state index in [9.17, 15) is 9.18 Å². The number of halogens is 1. The Morgan fingerprint density at radius 3 is 2.12 bits per heavy atom. The number of hydrogen-bond donors (Lipinski definition) is 1. The van der Waals surface area contributed by atoms with E-state index in [2.05, 4.69) is 37.9 Å². The first-order valence-electron chi connectivity index (χ1n) is 11.0.